The third-order valence-corrected chi connectivity index (χ3v) is 7.61. The van der Waals surface area contributed by atoms with E-state index in [1.54, 1.807) is 30.3 Å². The number of nitrogens with one attached hydrogen (secondary N) is 1. The first-order chi connectivity index (χ1) is 17.4. The summed E-state index contributed by atoms with van der Waals surface area (Å²) in [5.74, 6) is -1.05. The Morgan fingerprint density at radius 1 is 0.972 bits per heavy atom. The molecule has 0 aromatic heterocycles. The Hall–Kier alpha value is -3.61. The molecule has 4 aromatic rings. The molecule has 36 heavy (non-hydrogen) atoms. The van der Waals surface area contributed by atoms with E-state index in [0.29, 0.717) is 16.8 Å². The van der Waals surface area contributed by atoms with Crippen molar-refractivity contribution in [1.82, 2.24) is 5.32 Å². The zero-order valence-corrected chi connectivity index (χ0v) is 20.9. The second-order valence-electron chi connectivity index (χ2n) is 8.48. The molecule has 2 amide bonds. The second kappa shape index (κ2) is 10.2. The van der Waals surface area contributed by atoms with E-state index in [4.69, 9.17) is 11.6 Å². The van der Waals surface area contributed by atoms with Crippen LogP contribution in [0, 0.1) is 5.82 Å². The summed E-state index contributed by atoms with van der Waals surface area (Å²) in [7, 11) is 0. The Labute approximate surface area is 218 Å². The standard InChI is InChI=1S/C29H22ClFN2O2S/c1-18(19-8-3-2-4-9-19)32-28(34)20-14-15-27-25(16-20)33(17-22-23(30)11-7-12-24(22)31)29(35)21-10-5-6-13-26(21)36-27/h2-16,18H,17H2,1H3,(H,32,34)/t18-/m1/s1. The van der Waals surface area contributed by atoms with Gasteiger partial charge in [0, 0.05) is 25.9 Å². The molecule has 1 aliphatic heterocycles. The minimum atomic E-state index is -0.493. The summed E-state index contributed by atoms with van der Waals surface area (Å²) in [5.41, 5.74) is 2.64. The van der Waals surface area contributed by atoms with Crippen molar-refractivity contribution in [2.24, 2.45) is 0 Å². The Bertz CT molecular complexity index is 1440. The van der Waals surface area contributed by atoms with Crippen LogP contribution >= 0.6 is 23.4 Å². The van der Waals surface area contributed by atoms with Gasteiger partial charge in [0.05, 0.1) is 23.8 Å². The predicted molar refractivity (Wildman–Crippen MR) is 141 cm³/mol. The molecule has 1 atom stereocenters. The van der Waals surface area contributed by atoms with Gasteiger partial charge in [0.1, 0.15) is 5.82 Å². The highest BCUT2D eigenvalue weighted by Crippen LogP contribution is 2.42. The lowest BCUT2D eigenvalue weighted by Crippen LogP contribution is -2.31. The van der Waals surface area contributed by atoms with Crippen molar-refractivity contribution < 1.29 is 14.0 Å². The van der Waals surface area contributed by atoms with Gasteiger partial charge in [-0.2, -0.15) is 0 Å². The van der Waals surface area contributed by atoms with Gasteiger partial charge in [-0.3, -0.25) is 9.59 Å². The van der Waals surface area contributed by atoms with E-state index < -0.39 is 5.82 Å². The van der Waals surface area contributed by atoms with Crippen LogP contribution in [0.2, 0.25) is 5.02 Å². The third-order valence-electron chi connectivity index (χ3n) is 6.12. The molecule has 0 fully saturated rings. The van der Waals surface area contributed by atoms with Crippen molar-refractivity contribution in [1.29, 1.82) is 0 Å². The molecule has 1 aliphatic rings. The van der Waals surface area contributed by atoms with Gasteiger partial charge in [-0.1, -0.05) is 71.9 Å². The molecule has 1 heterocycles. The van der Waals surface area contributed by atoms with E-state index in [1.807, 2.05) is 55.5 Å². The summed E-state index contributed by atoms with van der Waals surface area (Å²) >= 11 is 7.75. The number of rotatable bonds is 5. The molecule has 180 valence electrons. The van der Waals surface area contributed by atoms with Gasteiger partial charge in [-0.25, -0.2) is 4.39 Å². The van der Waals surface area contributed by atoms with Crippen molar-refractivity contribution in [3.63, 3.8) is 0 Å². The van der Waals surface area contributed by atoms with E-state index in [9.17, 15) is 14.0 Å². The highest BCUT2D eigenvalue weighted by molar-refractivity contribution is 7.99. The van der Waals surface area contributed by atoms with Crippen molar-refractivity contribution in [3.8, 4) is 0 Å². The number of hydrogen-bond acceptors (Lipinski definition) is 3. The molecule has 5 rings (SSSR count). The van der Waals surface area contributed by atoms with Crippen molar-refractivity contribution in [3.05, 3.63) is 124 Å². The van der Waals surface area contributed by atoms with Crippen molar-refractivity contribution in [2.45, 2.75) is 29.3 Å². The normalized spacial score (nSPS) is 13.4. The molecule has 7 heteroatoms. The molecule has 4 nitrogen and oxygen atoms in total. The molecule has 0 aliphatic carbocycles. The maximum atomic E-state index is 14.7. The van der Waals surface area contributed by atoms with Gasteiger partial charge in [0.2, 0.25) is 0 Å². The number of anilines is 1. The van der Waals surface area contributed by atoms with E-state index in [1.165, 1.54) is 28.8 Å². The van der Waals surface area contributed by atoms with Gasteiger partial charge in [0.25, 0.3) is 11.8 Å². The first-order valence-corrected chi connectivity index (χ1v) is 12.6. The molecule has 0 saturated heterocycles. The summed E-state index contributed by atoms with van der Waals surface area (Å²) in [6.07, 6.45) is 0. The average molecular weight is 517 g/mol. The van der Waals surface area contributed by atoms with Gasteiger partial charge in [-0.15, -0.1) is 0 Å². The quantitative estimate of drug-likeness (QED) is 0.303. The number of nitrogens with zero attached hydrogens (tertiary/aromatic N) is 1. The number of hydrogen-bond donors (Lipinski definition) is 1. The number of halogens is 2. The molecular weight excluding hydrogens is 495 g/mol. The lowest BCUT2D eigenvalue weighted by Gasteiger charge is -2.24. The highest BCUT2D eigenvalue weighted by Gasteiger charge is 2.29. The molecule has 4 aromatic carbocycles. The van der Waals surface area contributed by atoms with Crippen LogP contribution in [0.4, 0.5) is 10.1 Å². The topological polar surface area (TPSA) is 49.4 Å². The molecule has 0 spiro atoms. The summed E-state index contributed by atoms with van der Waals surface area (Å²) in [4.78, 5) is 30.0. The van der Waals surface area contributed by atoms with E-state index in [0.717, 1.165) is 15.4 Å². The fourth-order valence-electron chi connectivity index (χ4n) is 4.16. The Kier molecular flexibility index (Phi) is 6.81. The van der Waals surface area contributed by atoms with Crippen LogP contribution in [0.25, 0.3) is 0 Å². The van der Waals surface area contributed by atoms with Crippen LogP contribution in [-0.4, -0.2) is 11.8 Å². The highest BCUT2D eigenvalue weighted by atomic mass is 35.5. The number of fused-ring (bicyclic) bond motifs is 2. The van der Waals surface area contributed by atoms with E-state index in [2.05, 4.69) is 5.32 Å². The smallest absolute Gasteiger partial charge is 0.259 e. The summed E-state index contributed by atoms with van der Waals surface area (Å²) in [6.45, 7) is 1.84. The maximum Gasteiger partial charge on any atom is 0.259 e. The fraction of sp³-hybridized carbons (Fsp3) is 0.103. The van der Waals surface area contributed by atoms with E-state index >= 15 is 0 Å². The largest absolute Gasteiger partial charge is 0.346 e. The molecule has 0 unspecified atom stereocenters. The third kappa shape index (κ3) is 4.74. The van der Waals surface area contributed by atoms with Crippen LogP contribution in [0.1, 0.15) is 44.8 Å². The minimum absolute atomic E-state index is 0.0717. The molecular formula is C29H22ClFN2O2S. The van der Waals surface area contributed by atoms with Crippen LogP contribution in [0.15, 0.2) is 101 Å². The van der Waals surface area contributed by atoms with E-state index in [-0.39, 0.29) is 35.0 Å². The van der Waals surface area contributed by atoms with Crippen molar-refractivity contribution in [2.75, 3.05) is 4.90 Å². The van der Waals surface area contributed by atoms with Crippen molar-refractivity contribution >= 4 is 40.9 Å². The molecule has 0 saturated carbocycles. The lowest BCUT2D eigenvalue weighted by atomic mass is 10.1. The second-order valence-corrected chi connectivity index (χ2v) is 9.97. The predicted octanol–water partition coefficient (Wildman–Crippen LogP) is 7.28. The SMILES string of the molecule is C[C@@H](NC(=O)c1ccc2c(c1)N(Cc1c(F)cccc1Cl)C(=O)c1ccccc1S2)c1ccccc1. The van der Waals surface area contributed by atoms with Crippen LogP contribution in [-0.2, 0) is 6.54 Å². The van der Waals surface area contributed by atoms with Gasteiger partial charge < -0.3 is 10.2 Å². The van der Waals surface area contributed by atoms with Gasteiger partial charge in [-0.05, 0) is 55.0 Å². The average Bonchev–Trinajstić information content (AvgIpc) is 3.00. The molecule has 0 radical (unpaired) electrons. The molecule has 0 bridgehead atoms. The summed E-state index contributed by atoms with van der Waals surface area (Å²) < 4.78 is 14.7. The maximum absolute atomic E-state index is 14.7. The first kappa shape index (κ1) is 24.1. The van der Waals surface area contributed by atoms with Crippen LogP contribution in [0.3, 0.4) is 0 Å². The fourth-order valence-corrected chi connectivity index (χ4v) is 5.45. The Balaban J connectivity index is 1.54. The Morgan fingerprint density at radius 3 is 2.50 bits per heavy atom. The number of carbonyl (C=O) groups excluding carboxylic acids is 2. The molecule has 1 N–H and O–H groups in total. The summed E-state index contributed by atoms with van der Waals surface area (Å²) in [6, 6.07) is 26.5. The monoisotopic (exact) mass is 516 g/mol. The van der Waals surface area contributed by atoms with Crippen LogP contribution < -0.4 is 10.2 Å². The Morgan fingerprint density at radius 2 is 1.72 bits per heavy atom. The zero-order chi connectivity index (χ0) is 25.2. The number of amides is 2. The van der Waals surface area contributed by atoms with Gasteiger partial charge in [0.15, 0.2) is 0 Å². The number of benzene rings is 4. The zero-order valence-electron chi connectivity index (χ0n) is 19.4. The first-order valence-electron chi connectivity index (χ1n) is 11.4. The minimum Gasteiger partial charge on any atom is -0.346 e. The number of carbonyl (C=O) groups is 2. The van der Waals surface area contributed by atoms with Gasteiger partial charge >= 0.3 is 0 Å². The lowest BCUT2D eigenvalue weighted by molar-refractivity contribution is 0.0937. The summed E-state index contributed by atoms with van der Waals surface area (Å²) in [5, 5.41) is 3.25. The van der Waals surface area contributed by atoms with Crippen LogP contribution in [0.5, 0.6) is 0 Å².